The maximum atomic E-state index is 3.67. The van der Waals surface area contributed by atoms with Crippen molar-refractivity contribution in [3.63, 3.8) is 0 Å². The lowest BCUT2D eigenvalue weighted by Crippen LogP contribution is -2.42. The lowest BCUT2D eigenvalue weighted by Gasteiger charge is -2.35. The Morgan fingerprint density at radius 1 is 1.41 bits per heavy atom. The zero-order valence-electron chi connectivity index (χ0n) is 10.8. The number of nitrogens with one attached hydrogen (secondary N) is 1. The van der Waals surface area contributed by atoms with Gasteiger partial charge in [-0.1, -0.05) is 6.07 Å². The Labute approximate surface area is 118 Å². The minimum Gasteiger partial charge on any atom is -0.382 e. The molecule has 0 amide bonds. The number of benzene rings is 1. The molecule has 0 aromatic heterocycles. The second-order valence-corrected chi connectivity index (χ2v) is 6.32. The Morgan fingerprint density at radius 3 is 2.82 bits per heavy atom. The van der Waals surface area contributed by atoms with Crippen LogP contribution >= 0.6 is 22.6 Å². The second kappa shape index (κ2) is 5.57. The predicted molar refractivity (Wildman–Crippen MR) is 82.6 cm³/mol. The third-order valence-corrected chi connectivity index (χ3v) is 4.91. The maximum Gasteiger partial charge on any atom is 0.0353 e. The summed E-state index contributed by atoms with van der Waals surface area (Å²) >= 11 is 2.40. The van der Waals surface area contributed by atoms with Gasteiger partial charge in [-0.05, 0) is 74.0 Å². The van der Waals surface area contributed by atoms with Crippen molar-refractivity contribution in [3.05, 3.63) is 27.3 Å². The van der Waals surface area contributed by atoms with Crippen LogP contribution in [0, 0.1) is 10.5 Å². The van der Waals surface area contributed by atoms with Crippen LogP contribution in [0.15, 0.2) is 18.2 Å². The van der Waals surface area contributed by atoms with Gasteiger partial charge in [0.15, 0.2) is 0 Å². The minimum atomic E-state index is 0.625. The summed E-state index contributed by atoms with van der Waals surface area (Å²) in [4.78, 5) is 2.44. The van der Waals surface area contributed by atoms with E-state index in [-0.39, 0.29) is 0 Å². The first kappa shape index (κ1) is 13.1. The van der Waals surface area contributed by atoms with Gasteiger partial charge in [0.2, 0.25) is 0 Å². The van der Waals surface area contributed by atoms with Crippen LogP contribution in [0.2, 0.25) is 0 Å². The fourth-order valence-electron chi connectivity index (χ4n) is 2.34. The van der Waals surface area contributed by atoms with Crippen LogP contribution in [0.1, 0.15) is 25.3 Å². The molecule has 0 bridgehead atoms. The van der Waals surface area contributed by atoms with Crippen molar-refractivity contribution in [2.45, 2.75) is 38.8 Å². The van der Waals surface area contributed by atoms with E-state index in [1.807, 2.05) is 0 Å². The molecule has 3 heteroatoms. The van der Waals surface area contributed by atoms with E-state index in [2.05, 4.69) is 71.9 Å². The molecule has 2 nitrogen and oxygen atoms in total. The van der Waals surface area contributed by atoms with Crippen LogP contribution in [0.25, 0.3) is 0 Å². The molecular formula is C14H21IN2. The summed E-state index contributed by atoms with van der Waals surface area (Å²) in [6.45, 7) is 5.66. The van der Waals surface area contributed by atoms with Crippen LogP contribution in [0.3, 0.4) is 0 Å². The van der Waals surface area contributed by atoms with E-state index in [4.69, 9.17) is 0 Å². The Balaban J connectivity index is 1.99. The molecule has 1 aliphatic heterocycles. The maximum absolute atomic E-state index is 3.67. The van der Waals surface area contributed by atoms with Crippen LogP contribution in [0.4, 0.5) is 5.69 Å². The number of likely N-dealkylation sites (tertiary alicyclic amines) is 1. The molecule has 1 heterocycles. The molecule has 2 rings (SSSR count). The number of nitrogens with zero attached hydrogens (tertiary/aromatic N) is 1. The number of aryl methyl sites for hydroxylation is 1. The molecule has 17 heavy (non-hydrogen) atoms. The van der Waals surface area contributed by atoms with Gasteiger partial charge in [-0.15, -0.1) is 0 Å². The lowest BCUT2D eigenvalue weighted by molar-refractivity contribution is 0.190. The number of piperidine rings is 1. The molecule has 1 saturated heterocycles. The average molecular weight is 344 g/mol. The quantitative estimate of drug-likeness (QED) is 0.827. The number of anilines is 1. The molecule has 0 saturated carbocycles. The number of hydrogen-bond acceptors (Lipinski definition) is 2. The summed E-state index contributed by atoms with van der Waals surface area (Å²) < 4.78 is 1.34. The molecule has 2 unspecified atom stereocenters. The summed E-state index contributed by atoms with van der Waals surface area (Å²) in [5, 5.41) is 3.67. The first-order valence-electron chi connectivity index (χ1n) is 6.29. The minimum absolute atomic E-state index is 0.625. The molecule has 94 valence electrons. The normalized spacial score (nSPS) is 25.9. The molecule has 0 radical (unpaired) electrons. The number of rotatable bonds is 2. The molecule has 1 aromatic rings. The van der Waals surface area contributed by atoms with Crippen LogP contribution in [0.5, 0.6) is 0 Å². The first-order valence-corrected chi connectivity index (χ1v) is 7.37. The van der Waals surface area contributed by atoms with Crippen molar-refractivity contribution >= 4 is 28.3 Å². The van der Waals surface area contributed by atoms with Crippen LogP contribution in [-0.2, 0) is 0 Å². The summed E-state index contributed by atoms with van der Waals surface area (Å²) in [7, 11) is 2.22. The van der Waals surface area contributed by atoms with Gasteiger partial charge in [-0.3, -0.25) is 0 Å². The van der Waals surface area contributed by atoms with Gasteiger partial charge in [0, 0.05) is 27.9 Å². The van der Waals surface area contributed by atoms with E-state index in [1.165, 1.54) is 34.2 Å². The molecule has 1 aliphatic rings. The third-order valence-electron chi connectivity index (χ3n) is 3.75. The fraction of sp³-hybridized carbons (Fsp3) is 0.571. The van der Waals surface area contributed by atoms with E-state index in [9.17, 15) is 0 Å². The highest BCUT2D eigenvalue weighted by atomic mass is 127. The average Bonchev–Trinajstić information content (AvgIpc) is 2.29. The second-order valence-electron chi connectivity index (χ2n) is 5.16. The highest BCUT2D eigenvalue weighted by Crippen LogP contribution is 2.22. The molecular weight excluding hydrogens is 323 g/mol. The molecule has 1 aromatic carbocycles. The Bertz CT molecular complexity index is 392. The van der Waals surface area contributed by atoms with Gasteiger partial charge in [0.25, 0.3) is 0 Å². The predicted octanol–water partition coefficient (Wildman–Crippen LogP) is 3.49. The lowest BCUT2D eigenvalue weighted by atomic mass is 9.98. The summed E-state index contributed by atoms with van der Waals surface area (Å²) in [6.07, 6.45) is 2.48. The molecule has 0 aliphatic carbocycles. The van der Waals surface area contributed by atoms with E-state index in [0.29, 0.717) is 12.1 Å². The van der Waals surface area contributed by atoms with Gasteiger partial charge in [0.1, 0.15) is 0 Å². The van der Waals surface area contributed by atoms with Gasteiger partial charge in [-0.2, -0.15) is 0 Å². The van der Waals surface area contributed by atoms with Gasteiger partial charge in [0.05, 0.1) is 0 Å². The molecule has 2 atom stereocenters. The van der Waals surface area contributed by atoms with Crippen LogP contribution < -0.4 is 5.32 Å². The van der Waals surface area contributed by atoms with Gasteiger partial charge < -0.3 is 10.2 Å². The van der Waals surface area contributed by atoms with Gasteiger partial charge >= 0.3 is 0 Å². The number of hydrogen-bond donors (Lipinski definition) is 1. The van der Waals surface area contributed by atoms with E-state index in [1.54, 1.807) is 0 Å². The summed E-state index contributed by atoms with van der Waals surface area (Å²) in [5.74, 6) is 0. The monoisotopic (exact) mass is 344 g/mol. The zero-order valence-corrected chi connectivity index (χ0v) is 13.0. The summed E-state index contributed by atoms with van der Waals surface area (Å²) in [5.41, 5.74) is 2.62. The van der Waals surface area contributed by atoms with Crippen molar-refractivity contribution in [1.82, 2.24) is 4.90 Å². The van der Waals surface area contributed by atoms with Crippen molar-refractivity contribution in [2.24, 2.45) is 0 Å². The van der Waals surface area contributed by atoms with Crippen LogP contribution in [-0.4, -0.2) is 30.6 Å². The topological polar surface area (TPSA) is 15.3 Å². The highest BCUT2D eigenvalue weighted by Gasteiger charge is 2.22. The smallest absolute Gasteiger partial charge is 0.0353 e. The van der Waals surface area contributed by atoms with E-state index < -0.39 is 0 Å². The zero-order chi connectivity index (χ0) is 12.4. The third kappa shape index (κ3) is 3.35. The molecule has 0 spiro atoms. The van der Waals surface area contributed by atoms with Crippen molar-refractivity contribution in [2.75, 3.05) is 18.9 Å². The Kier molecular flexibility index (Phi) is 4.31. The van der Waals surface area contributed by atoms with E-state index in [0.717, 1.165) is 0 Å². The van der Waals surface area contributed by atoms with Gasteiger partial charge in [-0.25, -0.2) is 0 Å². The van der Waals surface area contributed by atoms with Crippen molar-refractivity contribution in [3.8, 4) is 0 Å². The Morgan fingerprint density at radius 2 is 2.18 bits per heavy atom. The van der Waals surface area contributed by atoms with Crippen molar-refractivity contribution < 1.29 is 0 Å². The SMILES string of the molecule is Cc1ccc(NC2CCN(C)C(C)C2)cc1I. The highest BCUT2D eigenvalue weighted by molar-refractivity contribution is 14.1. The van der Waals surface area contributed by atoms with E-state index >= 15 is 0 Å². The number of halogens is 1. The molecule has 1 fully saturated rings. The molecule has 1 N–H and O–H groups in total. The fourth-order valence-corrected chi connectivity index (χ4v) is 2.85. The summed E-state index contributed by atoms with van der Waals surface area (Å²) in [6, 6.07) is 7.95. The van der Waals surface area contributed by atoms with Crippen molar-refractivity contribution in [1.29, 1.82) is 0 Å². The Hall–Kier alpha value is -0.290. The first-order chi connectivity index (χ1) is 8.06. The largest absolute Gasteiger partial charge is 0.382 e. The standard InChI is InChI=1S/C14H21IN2/c1-10-4-5-12(9-14(10)15)16-13-6-7-17(3)11(2)8-13/h4-5,9,11,13,16H,6-8H2,1-3H3.